The van der Waals surface area contributed by atoms with Crippen molar-refractivity contribution in [1.82, 2.24) is 5.32 Å². The molecule has 0 aliphatic rings. The number of hydrogen-bond acceptors (Lipinski definition) is 2. The number of hydrogen-bond donors (Lipinski definition) is 1. The van der Waals surface area contributed by atoms with Crippen molar-refractivity contribution >= 4 is 11.7 Å². The average molecular weight is 261 g/mol. The van der Waals surface area contributed by atoms with Gasteiger partial charge in [0.05, 0.1) is 0 Å². The third-order valence-corrected chi connectivity index (χ3v) is 2.88. The summed E-state index contributed by atoms with van der Waals surface area (Å²) >= 11 is 0. The van der Waals surface area contributed by atoms with Crippen LogP contribution in [-0.4, -0.2) is 17.2 Å². The van der Waals surface area contributed by atoms with Crippen LogP contribution in [0.1, 0.15) is 51.2 Å². The summed E-state index contributed by atoms with van der Waals surface area (Å²) < 4.78 is 0. The minimum atomic E-state index is -0.494. The molecule has 104 valence electrons. The highest BCUT2D eigenvalue weighted by atomic mass is 16.2. The molecule has 0 aromatic heterocycles. The van der Waals surface area contributed by atoms with E-state index < -0.39 is 5.91 Å². The van der Waals surface area contributed by atoms with Crippen LogP contribution in [-0.2, 0) is 9.59 Å². The molecule has 0 fully saturated rings. The van der Waals surface area contributed by atoms with Gasteiger partial charge in [0.1, 0.15) is 0 Å². The highest BCUT2D eigenvalue weighted by Crippen LogP contribution is 2.19. The Hall–Kier alpha value is -1.64. The Morgan fingerprint density at radius 3 is 2.16 bits per heavy atom. The van der Waals surface area contributed by atoms with Gasteiger partial charge in [-0.1, -0.05) is 36.8 Å². The molecule has 3 nitrogen and oxygen atoms in total. The molecule has 3 heteroatoms. The van der Waals surface area contributed by atoms with Crippen molar-refractivity contribution in [3.8, 4) is 0 Å². The molecule has 19 heavy (non-hydrogen) atoms. The van der Waals surface area contributed by atoms with Crippen molar-refractivity contribution in [2.45, 2.75) is 52.5 Å². The number of Topliss-reactive ketones (excluding diaryl/α,β-unsaturated/α-hetero) is 1. The highest BCUT2D eigenvalue weighted by molar-refractivity contribution is 6.36. The first-order valence-corrected chi connectivity index (χ1v) is 6.61. The lowest BCUT2D eigenvalue weighted by Gasteiger charge is -2.20. The number of ketones is 1. The van der Waals surface area contributed by atoms with Crippen LogP contribution >= 0.6 is 0 Å². The van der Waals surface area contributed by atoms with E-state index in [1.807, 2.05) is 58.9 Å². The monoisotopic (exact) mass is 261 g/mol. The smallest absolute Gasteiger partial charge is 0.287 e. The quantitative estimate of drug-likeness (QED) is 0.847. The minimum absolute atomic E-state index is 0.0545. The zero-order valence-corrected chi connectivity index (χ0v) is 12.4. The van der Waals surface area contributed by atoms with E-state index in [1.165, 1.54) is 5.56 Å². The Morgan fingerprint density at radius 1 is 1.16 bits per heavy atom. The predicted octanol–water partition coefficient (Wildman–Crippen LogP) is 2.97. The third-order valence-electron chi connectivity index (χ3n) is 2.88. The van der Waals surface area contributed by atoms with E-state index in [4.69, 9.17) is 0 Å². The molecule has 0 saturated carbocycles. The topological polar surface area (TPSA) is 46.2 Å². The molecule has 0 aliphatic heterocycles. The lowest BCUT2D eigenvalue weighted by molar-refractivity contribution is -0.139. The molecule has 0 radical (unpaired) electrons. The largest absolute Gasteiger partial charge is 0.345 e. The lowest BCUT2D eigenvalue weighted by atomic mass is 9.94. The number of rotatable bonds is 4. The molecule has 1 aromatic rings. The van der Waals surface area contributed by atoms with Crippen LogP contribution in [0.4, 0.5) is 0 Å². The second-order valence-corrected chi connectivity index (χ2v) is 6.14. The van der Waals surface area contributed by atoms with Crippen LogP contribution < -0.4 is 5.32 Å². The maximum atomic E-state index is 11.9. The van der Waals surface area contributed by atoms with Gasteiger partial charge in [-0.15, -0.1) is 0 Å². The third kappa shape index (κ3) is 5.25. The van der Waals surface area contributed by atoms with Crippen LogP contribution in [0, 0.1) is 6.92 Å². The molecule has 0 bridgehead atoms. The summed E-state index contributed by atoms with van der Waals surface area (Å²) in [5.41, 5.74) is 1.90. The number of carbonyl (C=O) groups excluding carboxylic acids is 2. The molecule has 0 aliphatic carbocycles. The first kappa shape index (κ1) is 15.4. The molecule has 1 aromatic carbocycles. The van der Waals surface area contributed by atoms with Gasteiger partial charge in [-0.05, 0) is 39.2 Å². The second-order valence-electron chi connectivity index (χ2n) is 6.14. The summed E-state index contributed by atoms with van der Waals surface area (Å²) in [5, 5.41) is 2.70. The first-order chi connectivity index (χ1) is 8.69. The van der Waals surface area contributed by atoms with E-state index in [0.717, 1.165) is 5.56 Å². The van der Waals surface area contributed by atoms with E-state index in [9.17, 15) is 9.59 Å². The molecule has 0 saturated heterocycles. The van der Waals surface area contributed by atoms with Crippen molar-refractivity contribution in [1.29, 1.82) is 0 Å². The fourth-order valence-corrected chi connectivity index (χ4v) is 1.79. The minimum Gasteiger partial charge on any atom is -0.345 e. The van der Waals surface area contributed by atoms with Crippen molar-refractivity contribution in [2.75, 3.05) is 0 Å². The molecule has 1 rings (SSSR count). The van der Waals surface area contributed by atoms with Gasteiger partial charge in [-0.2, -0.15) is 0 Å². The fraction of sp³-hybridized carbons (Fsp3) is 0.500. The molecule has 1 amide bonds. The Balaban J connectivity index is 2.61. The number of carbonyl (C=O) groups is 2. The molecule has 1 N–H and O–H groups in total. The Kier molecular flexibility index (Phi) is 4.87. The van der Waals surface area contributed by atoms with Crippen molar-refractivity contribution in [3.05, 3.63) is 35.4 Å². The van der Waals surface area contributed by atoms with Gasteiger partial charge in [0.25, 0.3) is 5.91 Å². The number of aryl methyl sites for hydroxylation is 1. The molecule has 0 unspecified atom stereocenters. The Labute approximate surface area is 115 Å². The van der Waals surface area contributed by atoms with Crippen LogP contribution in [0.3, 0.4) is 0 Å². The zero-order chi connectivity index (χ0) is 14.6. The van der Waals surface area contributed by atoms with E-state index in [2.05, 4.69) is 5.32 Å². The summed E-state index contributed by atoms with van der Waals surface area (Å²) in [6.45, 7) is 9.58. The van der Waals surface area contributed by atoms with Crippen molar-refractivity contribution in [3.63, 3.8) is 0 Å². The SMILES string of the molecule is Cc1ccc([C@@H](C)CC(=O)C(=O)NC(C)(C)C)cc1. The van der Waals surface area contributed by atoms with E-state index in [0.29, 0.717) is 0 Å². The van der Waals surface area contributed by atoms with Gasteiger partial charge in [-0.25, -0.2) is 0 Å². The van der Waals surface area contributed by atoms with Gasteiger partial charge >= 0.3 is 0 Å². The van der Waals surface area contributed by atoms with Crippen LogP contribution in [0.25, 0.3) is 0 Å². The summed E-state index contributed by atoms with van der Waals surface area (Å²) in [6, 6.07) is 8.06. The van der Waals surface area contributed by atoms with Gasteiger partial charge in [-0.3, -0.25) is 9.59 Å². The van der Waals surface area contributed by atoms with Crippen LogP contribution in [0.15, 0.2) is 24.3 Å². The maximum Gasteiger partial charge on any atom is 0.287 e. The number of nitrogens with one attached hydrogen (secondary N) is 1. The fourth-order valence-electron chi connectivity index (χ4n) is 1.79. The van der Waals surface area contributed by atoms with E-state index in [1.54, 1.807) is 0 Å². The Bertz CT molecular complexity index is 455. The number of amides is 1. The van der Waals surface area contributed by atoms with Gasteiger partial charge in [0, 0.05) is 12.0 Å². The Morgan fingerprint density at radius 2 is 1.68 bits per heavy atom. The predicted molar refractivity (Wildman–Crippen MR) is 77.1 cm³/mol. The summed E-state index contributed by atoms with van der Waals surface area (Å²) in [5.74, 6) is -0.798. The number of benzene rings is 1. The zero-order valence-electron chi connectivity index (χ0n) is 12.4. The van der Waals surface area contributed by atoms with Crippen molar-refractivity contribution in [2.24, 2.45) is 0 Å². The average Bonchev–Trinajstić information content (AvgIpc) is 2.27. The molecular formula is C16H23NO2. The van der Waals surface area contributed by atoms with Gasteiger partial charge < -0.3 is 5.32 Å². The normalized spacial score (nSPS) is 12.9. The van der Waals surface area contributed by atoms with E-state index in [-0.39, 0.29) is 23.7 Å². The molecule has 1 atom stereocenters. The van der Waals surface area contributed by atoms with Crippen LogP contribution in [0.2, 0.25) is 0 Å². The van der Waals surface area contributed by atoms with Crippen LogP contribution in [0.5, 0.6) is 0 Å². The lowest BCUT2D eigenvalue weighted by Crippen LogP contribution is -2.44. The summed E-state index contributed by atoms with van der Waals surface area (Å²) in [7, 11) is 0. The molecular weight excluding hydrogens is 238 g/mol. The molecule has 0 spiro atoms. The van der Waals surface area contributed by atoms with Gasteiger partial charge in [0.2, 0.25) is 5.78 Å². The van der Waals surface area contributed by atoms with Gasteiger partial charge in [0.15, 0.2) is 0 Å². The van der Waals surface area contributed by atoms with Crippen molar-refractivity contribution < 1.29 is 9.59 Å². The summed E-state index contributed by atoms with van der Waals surface area (Å²) in [6.07, 6.45) is 0.241. The second kappa shape index (κ2) is 6.00. The summed E-state index contributed by atoms with van der Waals surface area (Å²) in [4.78, 5) is 23.6. The standard InChI is InChI=1S/C16H23NO2/c1-11-6-8-13(9-7-11)12(2)10-14(18)15(19)17-16(3,4)5/h6-9,12H,10H2,1-5H3,(H,17,19)/t12-/m0/s1. The highest BCUT2D eigenvalue weighted by Gasteiger charge is 2.22. The maximum absolute atomic E-state index is 11.9. The van der Waals surface area contributed by atoms with E-state index >= 15 is 0 Å². The molecule has 0 heterocycles. The first-order valence-electron chi connectivity index (χ1n) is 6.61.